The van der Waals surface area contributed by atoms with E-state index >= 15 is 0 Å². The summed E-state index contributed by atoms with van der Waals surface area (Å²) in [4.78, 5) is 0. The number of thiocarbonyl (C=S) groups is 1. The second-order valence-corrected chi connectivity index (χ2v) is 6.14. The van der Waals surface area contributed by atoms with E-state index < -0.39 is 0 Å². The zero-order valence-electron chi connectivity index (χ0n) is 10.9. The Balaban J connectivity index is 1.64. The molecule has 0 aliphatic heterocycles. The molecule has 1 aromatic carbocycles. The number of halogens is 1. The Morgan fingerprint density at radius 3 is 2.63 bits per heavy atom. The molecule has 3 rings (SSSR count). The van der Waals surface area contributed by atoms with Crippen LogP contribution in [0.2, 0.25) is 0 Å². The van der Waals surface area contributed by atoms with Gasteiger partial charge in [0.2, 0.25) is 0 Å². The normalized spacial score (nSPS) is 21.1. The third-order valence-electron chi connectivity index (χ3n) is 4.30. The van der Waals surface area contributed by atoms with Crippen LogP contribution >= 0.6 is 12.2 Å². The van der Waals surface area contributed by atoms with Gasteiger partial charge >= 0.3 is 0 Å². The van der Waals surface area contributed by atoms with E-state index in [0.717, 1.165) is 5.92 Å². The molecule has 4 heteroatoms. The average Bonchev–Trinajstić information content (AvgIpc) is 3.12. The largest absolute Gasteiger partial charge is 0.357 e. The van der Waals surface area contributed by atoms with Crippen LogP contribution in [0.25, 0.3) is 0 Å². The van der Waals surface area contributed by atoms with Crippen molar-refractivity contribution >= 4 is 23.0 Å². The lowest BCUT2D eigenvalue weighted by Crippen LogP contribution is -2.49. The van der Waals surface area contributed by atoms with Crippen LogP contribution in [-0.4, -0.2) is 10.7 Å². The summed E-state index contributed by atoms with van der Waals surface area (Å²) in [5, 5.41) is 7.24. The van der Waals surface area contributed by atoms with Gasteiger partial charge in [0.1, 0.15) is 5.82 Å². The van der Waals surface area contributed by atoms with Crippen LogP contribution in [0.15, 0.2) is 24.3 Å². The summed E-state index contributed by atoms with van der Waals surface area (Å²) in [5.41, 5.74) is 0.915. The molecule has 2 fully saturated rings. The van der Waals surface area contributed by atoms with Gasteiger partial charge in [-0.3, -0.25) is 0 Å². The van der Waals surface area contributed by atoms with E-state index in [2.05, 4.69) is 10.6 Å². The monoisotopic (exact) mass is 278 g/mol. The molecule has 0 heterocycles. The summed E-state index contributed by atoms with van der Waals surface area (Å²) in [6.07, 6.45) is 7.62. The average molecular weight is 278 g/mol. The first-order chi connectivity index (χ1) is 9.18. The summed E-state index contributed by atoms with van der Waals surface area (Å²) in [6.45, 7) is 0. The minimum absolute atomic E-state index is 0.206. The number of hydrogen-bond acceptors (Lipinski definition) is 1. The summed E-state index contributed by atoms with van der Waals surface area (Å²) >= 11 is 5.39. The number of anilines is 1. The third-order valence-corrected chi connectivity index (χ3v) is 4.50. The molecular formula is C15H19FN2S. The highest BCUT2D eigenvalue weighted by Gasteiger charge is 2.47. The van der Waals surface area contributed by atoms with Crippen molar-refractivity contribution in [1.82, 2.24) is 5.32 Å². The molecule has 2 N–H and O–H groups in total. The molecule has 0 saturated heterocycles. The van der Waals surface area contributed by atoms with Crippen molar-refractivity contribution in [2.24, 2.45) is 5.92 Å². The van der Waals surface area contributed by atoms with Crippen molar-refractivity contribution in [3.05, 3.63) is 30.1 Å². The Hall–Kier alpha value is -1.16. The first-order valence-electron chi connectivity index (χ1n) is 7.03. The molecule has 102 valence electrons. The van der Waals surface area contributed by atoms with Crippen LogP contribution in [0.3, 0.4) is 0 Å². The van der Waals surface area contributed by atoms with Gasteiger partial charge < -0.3 is 10.6 Å². The van der Waals surface area contributed by atoms with Gasteiger partial charge in [-0.25, -0.2) is 4.39 Å². The molecule has 0 aromatic heterocycles. The summed E-state index contributed by atoms with van der Waals surface area (Å²) in [6, 6.07) is 6.42. The molecule has 1 aromatic rings. The first kappa shape index (κ1) is 12.9. The topological polar surface area (TPSA) is 24.1 Å². The first-order valence-corrected chi connectivity index (χ1v) is 7.44. The number of hydrogen-bond donors (Lipinski definition) is 2. The summed E-state index contributed by atoms with van der Waals surface area (Å²) in [7, 11) is 0. The van der Waals surface area contributed by atoms with Gasteiger partial charge in [0.15, 0.2) is 5.11 Å². The minimum atomic E-state index is -0.245. The SMILES string of the molecule is Fc1cccc(NC(=S)NC2(C3CC3)CCCC2)c1. The molecule has 2 nitrogen and oxygen atoms in total. The van der Waals surface area contributed by atoms with E-state index in [9.17, 15) is 4.39 Å². The van der Waals surface area contributed by atoms with Gasteiger partial charge in [-0.05, 0) is 62.0 Å². The van der Waals surface area contributed by atoms with Gasteiger partial charge in [0.25, 0.3) is 0 Å². The molecule has 0 bridgehead atoms. The van der Waals surface area contributed by atoms with E-state index in [0.29, 0.717) is 10.8 Å². The highest BCUT2D eigenvalue weighted by Crippen LogP contribution is 2.48. The second kappa shape index (κ2) is 5.08. The number of benzene rings is 1. The fraction of sp³-hybridized carbons (Fsp3) is 0.533. The van der Waals surface area contributed by atoms with Crippen molar-refractivity contribution in [2.75, 3.05) is 5.32 Å². The van der Waals surface area contributed by atoms with E-state index in [-0.39, 0.29) is 11.4 Å². The lowest BCUT2D eigenvalue weighted by molar-refractivity contribution is 0.340. The molecule has 0 unspecified atom stereocenters. The van der Waals surface area contributed by atoms with Crippen LogP contribution in [0.1, 0.15) is 38.5 Å². The van der Waals surface area contributed by atoms with E-state index in [1.54, 1.807) is 6.07 Å². The van der Waals surface area contributed by atoms with Crippen molar-refractivity contribution < 1.29 is 4.39 Å². The standard InChI is InChI=1S/C15H19FN2S/c16-12-4-3-5-13(10-12)17-14(19)18-15(11-6-7-11)8-1-2-9-15/h3-5,10-11H,1-2,6-9H2,(H2,17,18,19). The molecule has 19 heavy (non-hydrogen) atoms. The van der Waals surface area contributed by atoms with Crippen LogP contribution in [0.4, 0.5) is 10.1 Å². The van der Waals surface area contributed by atoms with Crippen molar-refractivity contribution in [3.8, 4) is 0 Å². The maximum Gasteiger partial charge on any atom is 0.171 e. The maximum atomic E-state index is 13.1. The van der Waals surface area contributed by atoms with Crippen molar-refractivity contribution in [1.29, 1.82) is 0 Å². The molecule has 0 amide bonds. The summed E-state index contributed by atoms with van der Waals surface area (Å²) < 4.78 is 13.1. The predicted molar refractivity (Wildman–Crippen MR) is 79.7 cm³/mol. The smallest absolute Gasteiger partial charge is 0.171 e. The lowest BCUT2D eigenvalue weighted by Gasteiger charge is -2.32. The van der Waals surface area contributed by atoms with E-state index in [4.69, 9.17) is 12.2 Å². The Bertz CT molecular complexity index is 479. The Morgan fingerprint density at radius 2 is 2.00 bits per heavy atom. The fourth-order valence-corrected chi connectivity index (χ4v) is 3.55. The molecule has 2 aliphatic carbocycles. The van der Waals surface area contributed by atoms with Gasteiger partial charge in [-0.2, -0.15) is 0 Å². The Morgan fingerprint density at radius 1 is 1.26 bits per heavy atom. The van der Waals surface area contributed by atoms with Crippen LogP contribution in [0.5, 0.6) is 0 Å². The molecule has 0 radical (unpaired) electrons. The number of nitrogens with one attached hydrogen (secondary N) is 2. The van der Waals surface area contributed by atoms with E-state index in [1.807, 2.05) is 6.07 Å². The van der Waals surface area contributed by atoms with Crippen LogP contribution < -0.4 is 10.6 Å². The van der Waals surface area contributed by atoms with E-state index in [1.165, 1.54) is 50.7 Å². The lowest BCUT2D eigenvalue weighted by atomic mass is 9.91. The van der Waals surface area contributed by atoms with Crippen LogP contribution in [0, 0.1) is 11.7 Å². The minimum Gasteiger partial charge on any atom is -0.357 e. The van der Waals surface area contributed by atoms with Crippen LogP contribution in [-0.2, 0) is 0 Å². The van der Waals surface area contributed by atoms with Crippen molar-refractivity contribution in [3.63, 3.8) is 0 Å². The zero-order valence-corrected chi connectivity index (χ0v) is 11.7. The molecule has 2 aliphatic rings. The highest BCUT2D eigenvalue weighted by molar-refractivity contribution is 7.80. The predicted octanol–water partition coefficient (Wildman–Crippen LogP) is 3.83. The summed E-state index contributed by atoms with van der Waals surface area (Å²) in [5.74, 6) is 0.535. The van der Waals surface area contributed by atoms with Gasteiger partial charge in [0.05, 0.1) is 0 Å². The van der Waals surface area contributed by atoms with Gasteiger partial charge in [-0.1, -0.05) is 18.9 Å². The Labute approximate surface area is 118 Å². The highest BCUT2D eigenvalue weighted by atomic mass is 32.1. The quantitative estimate of drug-likeness (QED) is 0.822. The zero-order chi connectivity index (χ0) is 13.3. The van der Waals surface area contributed by atoms with Gasteiger partial charge in [0, 0.05) is 11.2 Å². The second-order valence-electron chi connectivity index (χ2n) is 5.73. The molecule has 2 saturated carbocycles. The molecule has 0 spiro atoms. The third kappa shape index (κ3) is 2.89. The number of rotatable bonds is 3. The maximum absolute atomic E-state index is 13.1. The van der Waals surface area contributed by atoms with Crippen molar-refractivity contribution in [2.45, 2.75) is 44.1 Å². The van der Waals surface area contributed by atoms with Gasteiger partial charge in [-0.15, -0.1) is 0 Å². The fourth-order valence-electron chi connectivity index (χ4n) is 3.23. The molecule has 0 atom stereocenters. The Kier molecular flexibility index (Phi) is 3.44. The molecular weight excluding hydrogens is 259 g/mol.